The van der Waals surface area contributed by atoms with Crippen LogP contribution in [0.1, 0.15) is 20.3 Å². The van der Waals surface area contributed by atoms with Crippen molar-refractivity contribution in [2.24, 2.45) is 0 Å². The molecule has 1 N–H and O–H groups in total. The summed E-state index contributed by atoms with van der Waals surface area (Å²) in [6.07, 6.45) is 0.668. The molecule has 0 spiro atoms. The minimum atomic E-state index is -0.836. The number of methoxy groups -OCH3 is 1. The molecule has 1 atom stereocenters. The van der Waals surface area contributed by atoms with Gasteiger partial charge in [-0.2, -0.15) is 0 Å². The Hall–Kier alpha value is -1.10. The molecule has 0 aliphatic rings. The predicted molar refractivity (Wildman–Crippen MR) is 50.7 cm³/mol. The average Bonchev–Trinajstić information content (AvgIpc) is 2.15. The van der Waals surface area contributed by atoms with Gasteiger partial charge in [0.1, 0.15) is 0 Å². The first kappa shape index (κ1) is 12.9. The second-order valence-corrected chi connectivity index (χ2v) is 2.88. The van der Waals surface area contributed by atoms with Gasteiger partial charge in [0.15, 0.2) is 0 Å². The van der Waals surface area contributed by atoms with Crippen molar-refractivity contribution in [3.63, 3.8) is 0 Å². The molecule has 0 aromatic heterocycles. The second-order valence-electron chi connectivity index (χ2n) is 2.88. The molecule has 0 saturated heterocycles. The molecular weight excluding hydrogens is 186 g/mol. The van der Waals surface area contributed by atoms with Crippen molar-refractivity contribution < 1.29 is 19.1 Å². The van der Waals surface area contributed by atoms with E-state index in [0.717, 1.165) is 0 Å². The topological polar surface area (TPSA) is 64.6 Å². The van der Waals surface area contributed by atoms with E-state index in [1.165, 1.54) is 0 Å². The quantitative estimate of drug-likeness (QED) is 0.508. The summed E-state index contributed by atoms with van der Waals surface area (Å²) in [4.78, 5) is 22.0. The first-order valence-corrected chi connectivity index (χ1v) is 4.58. The average molecular weight is 203 g/mol. The maximum atomic E-state index is 11.1. The third-order valence-electron chi connectivity index (χ3n) is 1.59. The first-order valence-electron chi connectivity index (χ1n) is 4.58. The van der Waals surface area contributed by atoms with Gasteiger partial charge in [0.2, 0.25) is 0 Å². The lowest BCUT2D eigenvalue weighted by atomic mass is 10.2. The van der Waals surface area contributed by atoms with Gasteiger partial charge >= 0.3 is 11.9 Å². The summed E-state index contributed by atoms with van der Waals surface area (Å²) < 4.78 is 9.36. The van der Waals surface area contributed by atoms with Crippen LogP contribution >= 0.6 is 0 Å². The molecule has 0 saturated carbocycles. The van der Waals surface area contributed by atoms with Crippen LogP contribution in [0.5, 0.6) is 0 Å². The van der Waals surface area contributed by atoms with Gasteiger partial charge in [-0.1, -0.05) is 0 Å². The minimum Gasteiger partial charge on any atom is -0.459 e. The van der Waals surface area contributed by atoms with E-state index in [1.807, 2.05) is 0 Å². The van der Waals surface area contributed by atoms with Gasteiger partial charge in [0, 0.05) is 19.8 Å². The molecule has 5 nitrogen and oxygen atoms in total. The highest BCUT2D eigenvalue weighted by molar-refractivity contribution is 6.32. The Morgan fingerprint density at radius 2 is 2.07 bits per heavy atom. The summed E-state index contributed by atoms with van der Waals surface area (Å²) in [5.74, 6) is -1.53. The Morgan fingerprint density at radius 1 is 1.43 bits per heavy atom. The lowest BCUT2D eigenvalue weighted by Crippen LogP contribution is -2.39. The summed E-state index contributed by atoms with van der Waals surface area (Å²) in [5, 5.41) is 2.51. The molecule has 0 aliphatic carbocycles. The van der Waals surface area contributed by atoms with Crippen LogP contribution in [-0.2, 0) is 19.1 Å². The van der Waals surface area contributed by atoms with Crippen molar-refractivity contribution in [2.75, 3.05) is 20.3 Å². The normalized spacial score (nSPS) is 11.9. The summed E-state index contributed by atoms with van der Waals surface area (Å²) in [6.45, 7) is 4.21. The smallest absolute Gasteiger partial charge is 0.396 e. The lowest BCUT2D eigenvalue weighted by molar-refractivity contribution is -0.154. The molecule has 0 rings (SSSR count). The summed E-state index contributed by atoms with van der Waals surface area (Å²) in [7, 11) is 1.58. The molecular formula is C9H17NO4. The number of amides is 1. The van der Waals surface area contributed by atoms with Gasteiger partial charge in [-0.15, -0.1) is 0 Å². The summed E-state index contributed by atoms with van der Waals surface area (Å²) >= 11 is 0. The Morgan fingerprint density at radius 3 is 2.57 bits per heavy atom. The van der Waals surface area contributed by atoms with Gasteiger partial charge in [-0.25, -0.2) is 4.79 Å². The molecule has 5 heteroatoms. The van der Waals surface area contributed by atoms with E-state index in [-0.39, 0.29) is 12.6 Å². The van der Waals surface area contributed by atoms with Crippen molar-refractivity contribution in [3.05, 3.63) is 0 Å². The number of esters is 1. The molecule has 0 aromatic carbocycles. The van der Waals surface area contributed by atoms with Gasteiger partial charge < -0.3 is 14.8 Å². The minimum absolute atomic E-state index is 0.0909. The van der Waals surface area contributed by atoms with Gasteiger partial charge in [0.05, 0.1) is 6.61 Å². The molecule has 0 radical (unpaired) electrons. The highest BCUT2D eigenvalue weighted by Gasteiger charge is 2.16. The van der Waals surface area contributed by atoms with Crippen LogP contribution < -0.4 is 5.32 Å². The summed E-state index contributed by atoms with van der Waals surface area (Å²) in [6, 6.07) is -0.0909. The zero-order valence-corrected chi connectivity index (χ0v) is 8.83. The molecule has 1 unspecified atom stereocenters. The molecule has 0 fully saturated rings. The van der Waals surface area contributed by atoms with Crippen LogP contribution in [0.25, 0.3) is 0 Å². The van der Waals surface area contributed by atoms with Crippen molar-refractivity contribution in [2.45, 2.75) is 26.3 Å². The number of nitrogens with one attached hydrogen (secondary N) is 1. The van der Waals surface area contributed by atoms with E-state index in [2.05, 4.69) is 10.1 Å². The predicted octanol–water partition coefficient (Wildman–Crippen LogP) is 0.0907. The molecule has 0 aliphatic heterocycles. The van der Waals surface area contributed by atoms with Crippen LogP contribution in [0.2, 0.25) is 0 Å². The molecule has 0 aromatic rings. The highest BCUT2D eigenvalue weighted by atomic mass is 16.5. The maximum Gasteiger partial charge on any atom is 0.396 e. The SMILES string of the molecule is CCOC(=O)C(=O)NC(C)CCOC. The Balaban J connectivity index is 3.75. The van der Waals surface area contributed by atoms with E-state index >= 15 is 0 Å². The fraction of sp³-hybridized carbons (Fsp3) is 0.778. The number of hydrogen-bond acceptors (Lipinski definition) is 4. The lowest BCUT2D eigenvalue weighted by Gasteiger charge is -2.12. The number of hydrogen-bond donors (Lipinski definition) is 1. The van der Waals surface area contributed by atoms with Crippen molar-refractivity contribution in [1.29, 1.82) is 0 Å². The monoisotopic (exact) mass is 203 g/mol. The molecule has 82 valence electrons. The first-order chi connectivity index (χ1) is 6.61. The Kier molecular flexibility index (Phi) is 6.74. The number of ether oxygens (including phenoxy) is 2. The van der Waals surface area contributed by atoms with E-state index in [4.69, 9.17) is 4.74 Å². The standard InChI is InChI=1S/C9H17NO4/c1-4-14-9(12)8(11)10-7(2)5-6-13-3/h7H,4-6H2,1-3H3,(H,10,11). The zero-order chi connectivity index (χ0) is 11.0. The van der Waals surface area contributed by atoms with Crippen LogP contribution in [0.15, 0.2) is 0 Å². The van der Waals surface area contributed by atoms with Crippen molar-refractivity contribution >= 4 is 11.9 Å². The van der Waals surface area contributed by atoms with Gasteiger partial charge in [0.25, 0.3) is 0 Å². The van der Waals surface area contributed by atoms with E-state index in [1.54, 1.807) is 21.0 Å². The Bertz CT molecular complexity index is 193. The van der Waals surface area contributed by atoms with Crippen molar-refractivity contribution in [1.82, 2.24) is 5.32 Å². The fourth-order valence-corrected chi connectivity index (χ4v) is 0.846. The highest BCUT2D eigenvalue weighted by Crippen LogP contribution is 1.91. The van der Waals surface area contributed by atoms with E-state index in [9.17, 15) is 9.59 Å². The van der Waals surface area contributed by atoms with Crippen LogP contribution in [0, 0.1) is 0 Å². The molecule has 0 heterocycles. The van der Waals surface area contributed by atoms with Gasteiger partial charge in [-0.05, 0) is 20.3 Å². The third kappa shape index (κ3) is 5.53. The molecule has 1 amide bonds. The molecule has 0 bridgehead atoms. The van der Waals surface area contributed by atoms with Crippen LogP contribution in [0.3, 0.4) is 0 Å². The Labute approximate surface area is 83.8 Å². The third-order valence-corrected chi connectivity index (χ3v) is 1.59. The second kappa shape index (κ2) is 7.32. The zero-order valence-electron chi connectivity index (χ0n) is 8.83. The van der Waals surface area contributed by atoms with Crippen LogP contribution in [0.4, 0.5) is 0 Å². The van der Waals surface area contributed by atoms with E-state index < -0.39 is 11.9 Å². The molecule has 14 heavy (non-hydrogen) atoms. The maximum absolute atomic E-state index is 11.1. The number of rotatable bonds is 5. The van der Waals surface area contributed by atoms with Gasteiger partial charge in [-0.3, -0.25) is 4.79 Å². The summed E-state index contributed by atoms with van der Waals surface area (Å²) in [5.41, 5.74) is 0. The van der Waals surface area contributed by atoms with Crippen LogP contribution in [-0.4, -0.2) is 38.2 Å². The number of carbonyl (C=O) groups is 2. The fourth-order valence-electron chi connectivity index (χ4n) is 0.846. The number of carbonyl (C=O) groups excluding carboxylic acids is 2. The van der Waals surface area contributed by atoms with E-state index in [0.29, 0.717) is 13.0 Å². The van der Waals surface area contributed by atoms with Crippen molar-refractivity contribution in [3.8, 4) is 0 Å². The largest absolute Gasteiger partial charge is 0.459 e.